The fourth-order valence-electron chi connectivity index (χ4n) is 2.68. The van der Waals surface area contributed by atoms with Gasteiger partial charge in [0.25, 0.3) is 0 Å². The first-order valence-corrected chi connectivity index (χ1v) is 9.02. The Labute approximate surface area is 160 Å². The molecule has 1 aromatic heterocycles. The van der Waals surface area contributed by atoms with Gasteiger partial charge in [-0.3, -0.25) is 5.41 Å². The van der Waals surface area contributed by atoms with Crippen molar-refractivity contribution in [3.05, 3.63) is 89.6 Å². The molecule has 0 bridgehead atoms. The molecule has 4 heteroatoms. The number of hydrogen-bond acceptors (Lipinski definition) is 4. The highest BCUT2D eigenvalue weighted by Gasteiger charge is 2.16. The lowest BCUT2D eigenvalue weighted by molar-refractivity contribution is 0.306. The first-order chi connectivity index (χ1) is 12.9. The summed E-state index contributed by atoms with van der Waals surface area (Å²) < 4.78 is 5.83. The molecule has 4 nitrogen and oxygen atoms in total. The van der Waals surface area contributed by atoms with E-state index in [0.29, 0.717) is 12.3 Å². The summed E-state index contributed by atoms with van der Waals surface area (Å²) >= 11 is 0. The van der Waals surface area contributed by atoms with Gasteiger partial charge in [-0.2, -0.15) is 0 Å². The first-order valence-electron chi connectivity index (χ1n) is 9.02. The molecular formula is C23H25N3O. The van der Waals surface area contributed by atoms with E-state index >= 15 is 0 Å². The van der Waals surface area contributed by atoms with Crippen molar-refractivity contribution in [2.75, 3.05) is 5.32 Å². The predicted octanol–water partition coefficient (Wildman–Crippen LogP) is 5.29. The number of nitrogens with one attached hydrogen (secondary N) is 2. The van der Waals surface area contributed by atoms with Crippen LogP contribution in [0.5, 0.6) is 5.75 Å². The van der Waals surface area contributed by atoms with E-state index in [9.17, 15) is 0 Å². The molecule has 3 rings (SSSR count). The highest BCUT2D eigenvalue weighted by Crippen LogP contribution is 2.22. The van der Waals surface area contributed by atoms with E-state index in [4.69, 9.17) is 10.1 Å². The summed E-state index contributed by atoms with van der Waals surface area (Å²) in [5, 5.41) is 12.0. The lowest BCUT2D eigenvalue weighted by Crippen LogP contribution is -2.28. The molecular weight excluding hydrogens is 334 g/mol. The number of rotatable bonds is 6. The molecule has 2 N–H and O–H groups in total. The topological polar surface area (TPSA) is 58.0 Å². The van der Waals surface area contributed by atoms with Gasteiger partial charge in [0, 0.05) is 22.9 Å². The van der Waals surface area contributed by atoms with Gasteiger partial charge in [0.05, 0.1) is 5.71 Å². The molecule has 0 saturated heterocycles. The van der Waals surface area contributed by atoms with Gasteiger partial charge in [0.1, 0.15) is 18.2 Å². The summed E-state index contributed by atoms with van der Waals surface area (Å²) in [5.74, 6) is 1.51. The summed E-state index contributed by atoms with van der Waals surface area (Å²) in [6, 6.07) is 21.5. The van der Waals surface area contributed by atoms with Crippen LogP contribution in [0.4, 0.5) is 5.82 Å². The average Bonchev–Trinajstić information content (AvgIpc) is 2.66. The maximum atomic E-state index is 8.61. The molecule has 3 aromatic rings. The molecule has 0 spiro atoms. The van der Waals surface area contributed by atoms with E-state index in [-0.39, 0.29) is 5.54 Å². The predicted molar refractivity (Wildman–Crippen MR) is 111 cm³/mol. The summed E-state index contributed by atoms with van der Waals surface area (Å²) in [5.41, 5.74) is 3.04. The van der Waals surface area contributed by atoms with E-state index in [1.165, 1.54) is 0 Å². The molecule has 1 heterocycles. The van der Waals surface area contributed by atoms with Crippen molar-refractivity contribution in [3.8, 4) is 5.75 Å². The zero-order valence-electron chi connectivity index (χ0n) is 16.0. The van der Waals surface area contributed by atoms with Crippen LogP contribution in [0.1, 0.15) is 37.5 Å². The standard InChI is InChI=1S/C23H25N3O/c1-23(2,3)26-22-20(10-7-15-25-22)21(24)18-11-13-19(14-12-18)27-16-17-8-5-4-6-9-17/h4-15,24H,16H2,1-3H3,(H,25,26). The Bertz CT molecular complexity index is 897. The summed E-state index contributed by atoms with van der Waals surface area (Å²) in [6.07, 6.45) is 1.74. The van der Waals surface area contributed by atoms with Gasteiger partial charge in [-0.05, 0) is 62.7 Å². The number of benzene rings is 2. The van der Waals surface area contributed by atoms with E-state index in [2.05, 4.69) is 31.1 Å². The Kier molecular flexibility index (Phi) is 5.55. The van der Waals surface area contributed by atoms with Crippen molar-refractivity contribution in [3.63, 3.8) is 0 Å². The summed E-state index contributed by atoms with van der Waals surface area (Å²) in [7, 11) is 0. The molecule has 0 amide bonds. The van der Waals surface area contributed by atoms with E-state index < -0.39 is 0 Å². The van der Waals surface area contributed by atoms with E-state index in [1.54, 1.807) is 6.20 Å². The van der Waals surface area contributed by atoms with Crippen LogP contribution in [0, 0.1) is 5.41 Å². The first kappa shape index (κ1) is 18.6. The van der Waals surface area contributed by atoms with Gasteiger partial charge in [-0.25, -0.2) is 4.98 Å². The number of ether oxygens (including phenoxy) is 1. The van der Waals surface area contributed by atoms with Gasteiger partial charge < -0.3 is 10.1 Å². The average molecular weight is 359 g/mol. The van der Waals surface area contributed by atoms with Crippen LogP contribution in [0.15, 0.2) is 72.9 Å². The van der Waals surface area contributed by atoms with Crippen molar-refractivity contribution >= 4 is 11.5 Å². The monoisotopic (exact) mass is 359 g/mol. The van der Waals surface area contributed by atoms with Crippen LogP contribution in [0.3, 0.4) is 0 Å². The van der Waals surface area contributed by atoms with Crippen molar-refractivity contribution in [1.29, 1.82) is 5.41 Å². The van der Waals surface area contributed by atoms with Crippen LogP contribution in [-0.4, -0.2) is 16.2 Å². The van der Waals surface area contributed by atoms with E-state index in [0.717, 1.165) is 28.3 Å². The van der Waals surface area contributed by atoms with Crippen LogP contribution in [0.2, 0.25) is 0 Å². The smallest absolute Gasteiger partial charge is 0.135 e. The van der Waals surface area contributed by atoms with Crippen molar-refractivity contribution in [2.45, 2.75) is 32.9 Å². The Morgan fingerprint density at radius 3 is 2.33 bits per heavy atom. The maximum absolute atomic E-state index is 8.61. The zero-order chi connectivity index (χ0) is 19.3. The fraction of sp³-hybridized carbons (Fsp3) is 0.217. The summed E-state index contributed by atoms with van der Waals surface area (Å²) in [4.78, 5) is 4.41. The Hall–Kier alpha value is -3.14. The molecule has 0 unspecified atom stereocenters. The molecule has 0 atom stereocenters. The van der Waals surface area contributed by atoms with Gasteiger partial charge in [0.2, 0.25) is 0 Å². The SMILES string of the molecule is CC(C)(C)Nc1ncccc1C(=N)c1ccc(OCc2ccccc2)cc1. The third kappa shape index (κ3) is 5.17. The van der Waals surface area contributed by atoms with Crippen LogP contribution in [-0.2, 0) is 6.61 Å². The number of aromatic nitrogens is 1. The van der Waals surface area contributed by atoms with Gasteiger partial charge in [0.15, 0.2) is 0 Å². The molecule has 0 aliphatic heterocycles. The lowest BCUT2D eigenvalue weighted by Gasteiger charge is -2.23. The highest BCUT2D eigenvalue weighted by atomic mass is 16.5. The minimum Gasteiger partial charge on any atom is -0.489 e. The minimum atomic E-state index is -0.126. The Morgan fingerprint density at radius 2 is 1.67 bits per heavy atom. The van der Waals surface area contributed by atoms with Crippen molar-refractivity contribution in [2.24, 2.45) is 0 Å². The number of pyridine rings is 1. The van der Waals surface area contributed by atoms with Crippen LogP contribution >= 0.6 is 0 Å². The molecule has 2 aromatic carbocycles. The molecule has 0 aliphatic rings. The van der Waals surface area contributed by atoms with E-state index in [1.807, 2.05) is 66.7 Å². The molecule has 27 heavy (non-hydrogen) atoms. The van der Waals surface area contributed by atoms with Crippen molar-refractivity contribution in [1.82, 2.24) is 4.98 Å². The maximum Gasteiger partial charge on any atom is 0.135 e. The van der Waals surface area contributed by atoms with Gasteiger partial charge in [-0.15, -0.1) is 0 Å². The number of anilines is 1. The second-order valence-electron chi connectivity index (χ2n) is 7.45. The highest BCUT2D eigenvalue weighted by molar-refractivity contribution is 6.13. The Morgan fingerprint density at radius 1 is 0.963 bits per heavy atom. The Balaban J connectivity index is 1.73. The third-order valence-electron chi connectivity index (χ3n) is 3.96. The molecule has 0 fully saturated rings. The van der Waals surface area contributed by atoms with Gasteiger partial charge >= 0.3 is 0 Å². The molecule has 138 valence electrons. The number of hydrogen-bond donors (Lipinski definition) is 2. The lowest BCUT2D eigenvalue weighted by atomic mass is 10.0. The molecule has 0 radical (unpaired) electrons. The molecule has 0 saturated carbocycles. The zero-order valence-corrected chi connectivity index (χ0v) is 16.0. The van der Waals surface area contributed by atoms with Crippen LogP contribution in [0.25, 0.3) is 0 Å². The second-order valence-corrected chi connectivity index (χ2v) is 7.45. The minimum absolute atomic E-state index is 0.126. The molecule has 0 aliphatic carbocycles. The largest absolute Gasteiger partial charge is 0.489 e. The normalized spacial score (nSPS) is 11.1. The quantitative estimate of drug-likeness (QED) is 0.588. The third-order valence-corrected chi connectivity index (χ3v) is 3.96. The number of nitrogens with zero attached hydrogens (tertiary/aromatic N) is 1. The summed E-state index contributed by atoms with van der Waals surface area (Å²) in [6.45, 7) is 6.76. The second kappa shape index (κ2) is 8.04. The van der Waals surface area contributed by atoms with Crippen molar-refractivity contribution < 1.29 is 4.74 Å². The van der Waals surface area contributed by atoms with Gasteiger partial charge in [-0.1, -0.05) is 30.3 Å². The van der Waals surface area contributed by atoms with Crippen LogP contribution < -0.4 is 10.1 Å². The fourth-order valence-corrected chi connectivity index (χ4v) is 2.68.